The molecule has 2 fully saturated rings. The van der Waals surface area contributed by atoms with E-state index in [4.69, 9.17) is 0 Å². The van der Waals surface area contributed by atoms with Gasteiger partial charge in [-0.05, 0) is 38.0 Å². The predicted octanol–water partition coefficient (Wildman–Crippen LogP) is 2.47. The Kier molecular flexibility index (Phi) is 4.07. The molecular weight excluding hydrogens is 336 g/mol. The Morgan fingerprint density at radius 3 is 2.52 bits per heavy atom. The molecule has 1 aromatic carbocycles. The number of amides is 1. The number of nitrogens with zero attached hydrogens (tertiary/aromatic N) is 1. The van der Waals surface area contributed by atoms with Crippen molar-refractivity contribution < 1.29 is 14.7 Å². The number of carboxylic acids is 1. The fraction of sp³-hybridized carbons (Fsp3) is 0.421. The molecule has 4 rings (SSSR count). The number of hydrogen-bond donors (Lipinski definition) is 1. The lowest BCUT2D eigenvalue weighted by Crippen LogP contribution is -2.43. The number of rotatable bonds is 4. The van der Waals surface area contributed by atoms with E-state index in [0.29, 0.717) is 5.13 Å². The average Bonchev–Trinajstić information content (AvgIpc) is 3.30. The zero-order valence-electron chi connectivity index (χ0n) is 13.9. The number of carbonyl (C=O) groups is 2. The van der Waals surface area contributed by atoms with E-state index in [9.17, 15) is 14.7 Å². The Balaban J connectivity index is 1.50. The van der Waals surface area contributed by atoms with Crippen molar-refractivity contribution in [1.82, 2.24) is 4.98 Å². The first kappa shape index (κ1) is 16.3. The second kappa shape index (κ2) is 6.26. The minimum atomic E-state index is -1.09. The number of aryl methyl sites for hydroxylation is 1. The fourth-order valence-electron chi connectivity index (χ4n) is 4.38. The molecule has 130 valence electrons. The highest BCUT2D eigenvalue weighted by atomic mass is 32.1. The second-order valence-electron chi connectivity index (χ2n) is 7.10. The number of fused-ring (bicyclic) bond motifs is 2. The van der Waals surface area contributed by atoms with Gasteiger partial charge in [-0.25, -0.2) is 4.98 Å². The SMILES string of the molecule is Cc1ccc(-c2csc(NC(=O)[C@H]3[C@H]4CC[C@@H](C4)[C@@H]3C(=O)[O-])n2)cc1. The molecule has 0 unspecified atom stereocenters. The number of anilines is 1. The van der Waals surface area contributed by atoms with Crippen LogP contribution < -0.4 is 10.4 Å². The van der Waals surface area contributed by atoms with Gasteiger partial charge in [-0.3, -0.25) is 4.79 Å². The summed E-state index contributed by atoms with van der Waals surface area (Å²) in [6.45, 7) is 2.03. The first-order valence-electron chi connectivity index (χ1n) is 8.57. The quantitative estimate of drug-likeness (QED) is 0.913. The minimum absolute atomic E-state index is 0.0881. The summed E-state index contributed by atoms with van der Waals surface area (Å²) in [4.78, 5) is 28.6. The van der Waals surface area contributed by atoms with Crippen molar-refractivity contribution in [2.75, 3.05) is 5.32 Å². The molecular formula is C19H19N2O3S-. The molecule has 2 bridgehead atoms. The van der Waals surface area contributed by atoms with E-state index in [2.05, 4.69) is 10.3 Å². The molecule has 1 heterocycles. The summed E-state index contributed by atoms with van der Waals surface area (Å²) in [5.74, 6) is -2.22. The van der Waals surface area contributed by atoms with E-state index >= 15 is 0 Å². The zero-order valence-corrected chi connectivity index (χ0v) is 14.7. The maximum absolute atomic E-state index is 12.7. The normalized spacial score (nSPS) is 27.4. The molecule has 5 nitrogen and oxygen atoms in total. The number of carbonyl (C=O) groups excluding carboxylic acids is 2. The van der Waals surface area contributed by atoms with Crippen LogP contribution in [0.2, 0.25) is 0 Å². The molecule has 4 atom stereocenters. The summed E-state index contributed by atoms with van der Waals surface area (Å²) >= 11 is 1.36. The van der Waals surface area contributed by atoms with E-state index in [1.807, 2.05) is 36.6 Å². The molecule has 1 aromatic heterocycles. The van der Waals surface area contributed by atoms with Gasteiger partial charge in [-0.15, -0.1) is 11.3 Å². The Labute approximate surface area is 150 Å². The van der Waals surface area contributed by atoms with E-state index in [0.717, 1.165) is 30.5 Å². The van der Waals surface area contributed by atoms with Gasteiger partial charge in [-0.2, -0.15) is 0 Å². The van der Waals surface area contributed by atoms with E-state index in [-0.39, 0.29) is 17.7 Å². The predicted molar refractivity (Wildman–Crippen MR) is 93.7 cm³/mol. The minimum Gasteiger partial charge on any atom is -0.550 e. The standard InChI is InChI=1S/C19H20N2O3S/c1-10-2-4-11(5-3-10)14-9-25-19(20-14)21-17(22)15-12-6-7-13(8-12)16(15)18(23)24/h2-5,9,12-13,15-16H,6-8H2,1H3,(H,23,24)(H,20,21,22)/p-1/t12-,13-,15-,16-/m0/s1. The van der Waals surface area contributed by atoms with Crippen LogP contribution >= 0.6 is 11.3 Å². The lowest BCUT2D eigenvalue weighted by atomic mass is 9.79. The van der Waals surface area contributed by atoms with Crippen molar-refractivity contribution in [1.29, 1.82) is 0 Å². The molecule has 0 aliphatic heterocycles. The van der Waals surface area contributed by atoms with Gasteiger partial charge >= 0.3 is 0 Å². The Bertz CT molecular complexity index is 814. The zero-order chi connectivity index (χ0) is 17.6. The van der Waals surface area contributed by atoms with Crippen LogP contribution in [0.25, 0.3) is 11.3 Å². The topological polar surface area (TPSA) is 82.1 Å². The maximum Gasteiger partial charge on any atom is 0.230 e. The van der Waals surface area contributed by atoms with E-state index < -0.39 is 17.8 Å². The Morgan fingerprint density at radius 2 is 1.84 bits per heavy atom. The van der Waals surface area contributed by atoms with Crippen molar-refractivity contribution in [3.63, 3.8) is 0 Å². The van der Waals surface area contributed by atoms with Gasteiger partial charge in [0.2, 0.25) is 5.91 Å². The number of benzene rings is 1. The summed E-state index contributed by atoms with van der Waals surface area (Å²) < 4.78 is 0. The number of carboxylic acid groups (broad SMARTS) is 1. The number of nitrogens with one attached hydrogen (secondary N) is 1. The summed E-state index contributed by atoms with van der Waals surface area (Å²) in [5.41, 5.74) is 2.98. The molecule has 2 aliphatic rings. The van der Waals surface area contributed by atoms with Crippen LogP contribution in [0, 0.1) is 30.6 Å². The summed E-state index contributed by atoms with van der Waals surface area (Å²) in [7, 11) is 0. The van der Waals surface area contributed by atoms with Crippen LogP contribution in [0.5, 0.6) is 0 Å². The van der Waals surface area contributed by atoms with Crippen molar-refractivity contribution in [3.05, 3.63) is 35.2 Å². The molecule has 1 N–H and O–H groups in total. The van der Waals surface area contributed by atoms with Crippen LogP contribution in [0.4, 0.5) is 5.13 Å². The molecule has 0 saturated heterocycles. The second-order valence-corrected chi connectivity index (χ2v) is 7.96. The van der Waals surface area contributed by atoms with Crippen molar-refractivity contribution in [2.24, 2.45) is 23.7 Å². The van der Waals surface area contributed by atoms with Gasteiger partial charge in [0, 0.05) is 28.7 Å². The van der Waals surface area contributed by atoms with Crippen LogP contribution in [0.1, 0.15) is 24.8 Å². The van der Waals surface area contributed by atoms with Gasteiger partial charge in [0.1, 0.15) is 0 Å². The number of aromatic nitrogens is 1. The third-order valence-electron chi connectivity index (χ3n) is 5.57. The first-order valence-corrected chi connectivity index (χ1v) is 9.45. The number of aliphatic carboxylic acids is 1. The molecule has 2 saturated carbocycles. The summed E-state index contributed by atoms with van der Waals surface area (Å²) in [5, 5.41) is 16.7. The van der Waals surface area contributed by atoms with Crippen molar-refractivity contribution >= 4 is 28.3 Å². The lowest BCUT2D eigenvalue weighted by Gasteiger charge is -2.30. The van der Waals surface area contributed by atoms with Gasteiger partial charge < -0.3 is 15.2 Å². The smallest absolute Gasteiger partial charge is 0.230 e. The summed E-state index contributed by atoms with van der Waals surface area (Å²) in [6, 6.07) is 8.04. The van der Waals surface area contributed by atoms with Crippen molar-refractivity contribution in [3.8, 4) is 11.3 Å². The number of thiazole rings is 1. The largest absolute Gasteiger partial charge is 0.550 e. The lowest BCUT2D eigenvalue weighted by molar-refractivity contribution is -0.314. The molecule has 6 heteroatoms. The van der Waals surface area contributed by atoms with Gasteiger partial charge in [0.15, 0.2) is 5.13 Å². The van der Waals surface area contributed by atoms with Gasteiger partial charge in [-0.1, -0.05) is 29.8 Å². The summed E-state index contributed by atoms with van der Waals surface area (Å²) in [6.07, 6.45) is 2.64. The molecule has 25 heavy (non-hydrogen) atoms. The molecule has 0 radical (unpaired) electrons. The van der Waals surface area contributed by atoms with E-state index in [1.165, 1.54) is 16.9 Å². The molecule has 2 aromatic rings. The Morgan fingerprint density at radius 1 is 1.16 bits per heavy atom. The highest BCUT2D eigenvalue weighted by molar-refractivity contribution is 7.14. The maximum atomic E-state index is 12.7. The molecule has 1 amide bonds. The average molecular weight is 355 g/mol. The van der Waals surface area contributed by atoms with Crippen LogP contribution in [0.15, 0.2) is 29.6 Å². The fourth-order valence-corrected chi connectivity index (χ4v) is 5.11. The van der Waals surface area contributed by atoms with E-state index in [1.54, 1.807) is 0 Å². The van der Waals surface area contributed by atoms with Crippen LogP contribution in [-0.4, -0.2) is 16.9 Å². The van der Waals surface area contributed by atoms with Gasteiger partial charge in [0.05, 0.1) is 5.69 Å². The Hall–Kier alpha value is -2.21. The first-order chi connectivity index (χ1) is 12.0. The van der Waals surface area contributed by atoms with Crippen LogP contribution in [-0.2, 0) is 9.59 Å². The number of hydrogen-bond acceptors (Lipinski definition) is 5. The monoisotopic (exact) mass is 355 g/mol. The third-order valence-corrected chi connectivity index (χ3v) is 6.33. The highest BCUT2D eigenvalue weighted by Gasteiger charge is 2.51. The third kappa shape index (κ3) is 2.95. The highest BCUT2D eigenvalue weighted by Crippen LogP contribution is 2.52. The van der Waals surface area contributed by atoms with Crippen molar-refractivity contribution in [2.45, 2.75) is 26.2 Å². The molecule has 2 aliphatic carbocycles. The van der Waals surface area contributed by atoms with Crippen LogP contribution in [0.3, 0.4) is 0 Å². The molecule has 0 spiro atoms. The van der Waals surface area contributed by atoms with Gasteiger partial charge in [0.25, 0.3) is 0 Å².